The molecule has 3 aromatic rings. The third-order valence-corrected chi connectivity index (χ3v) is 4.90. The lowest BCUT2D eigenvalue weighted by Crippen LogP contribution is -2.25. The van der Waals surface area contributed by atoms with Crippen LogP contribution in [-0.2, 0) is 6.54 Å². The van der Waals surface area contributed by atoms with Gasteiger partial charge in [-0.25, -0.2) is 0 Å². The lowest BCUT2D eigenvalue weighted by molar-refractivity contribution is 0.0949. The first-order chi connectivity index (χ1) is 14.5. The maximum atomic E-state index is 12.8. The molecule has 6 nitrogen and oxygen atoms in total. The molecule has 0 fully saturated rings. The molecular weight excluding hydrogens is 423 g/mol. The van der Waals surface area contributed by atoms with E-state index < -0.39 is 0 Å². The van der Waals surface area contributed by atoms with Crippen molar-refractivity contribution in [3.8, 4) is 17.3 Å². The van der Waals surface area contributed by atoms with Crippen molar-refractivity contribution in [3.05, 3.63) is 69.8 Å². The Hall–Kier alpha value is -2.54. The molecule has 0 radical (unpaired) electrons. The molecular formula is C22H24Cl2N4O2. The molecule has 8 heteroatoms. The van der Waals surface area contributed by atoms with Gasteiger partial charge in [-0.1, -0.05) is 42.3 Å². The molecule has 1 heterocycles. The van der Waals surface area contributed by atoms with Crippen molar-refractivity contribution >= 4 is 29.1 Å². The monoisotopic (exact) mass is 446 g/mol. The van der Waals surface area contributed by atoms with Gasteiger partial charge in [0.2, 0.25) is 5.88 Å². The number of benzene rings is 2. The number of carbonyl (C=O) groups is 1. The standard InChI is InChI=1S/C22H24Cl2N4O2/c1-3-13-25-14-17-20(21(29)26-4-2)27-28(19-8-6-5-7-18(19)24)22(17)30-16-11-9-15(23)10-12-16/h5-12,25H,3-4,13-14H2,1-2H3,(H,26,29). The zero-order chi connectivity index (χ0) is 21.5. The van der Waals surface area contributed by atoms with Crippen LogP contribution in [0.4, 0.5) is 0 Å². The van der Waals surface area contributed by atoms with Gasteiger partial charge in [0.05, 0.1) is 16.3 Å². The Bertz CT molecular complexity index is 1000. The molecule has 0 spiro atoms. The van der Waals surface area contributed by atoms with Gasteiger partial charge in [-0.2, -0.15) is 9.78 Å². The largest absolute Gasteiger partial charge is 0.439 e. The maximum absolute atomic E-state index is 12.8. The Labute approximate surface area is 186 Å². The molecule has 0 aliphatic carbocycles. The number of para-hydroxylation sites is 1. The van der Waals surface area contributed by atoms with Crippen molar-refractivity contribution in [2.45, 2.75) is 26.8 Å². The predicted molar refractivity (Wildman–Crippen MR) is 120 cm³/mol. The highest BCUT2D eigenvalue weighted by Gasteiger charge is 2.26. The molecule has 0 unspecified atom stereocenters. The molecule has 0 aliphatic heterocycles. The minimum atomic E-state index is -0.266. The van der Waals surface area contributed by atoms with Crippen LogP contribution in [-0.4, -0.2) is 28.8 Å². The van der Waals surface area contributed by atoms with E-state index in [2.05, 4.69) is 22.7 Å². The Morgan fingerprint density at radius 1 is 1.10 bits per heavy atom. The lowest BCUT2D eigenvalue weighted by atomic mass is 10.2. The van der Waals surface area contributed by atoms with Crippen LogP contribution < -0.4 is 15.4 Å². The Balaban J connectivity index is 2.15. The number of ether oxygens (including phenoxy) is 1. The maximum Gasteiger partial charge on any atom is 0.272 e. The topological polar surface area (TPSA) is 68.2 Å². The normalized spacial score (nSPS) is 10.8. The zero-order valence-corrected chi connectivity index (χ0v) is 18.4. The first-order valence-electron chi connectivity index (χ1n) is 9.84. The molecule has 30 heavy (non-hydrogen) atoms. The van der Waals surface area contributed by atoms with Gasteiger partial charge in [0.1, 0.15) is 5.75 Å². The minimum absolute atomic E-state index is 0.266. The van der Waals surface area contributed by atoms with Crippen LogP contribution in [0.2, 0.25) is 10.0 Å². The van der Waals surface area contributed by atoms with Gasteiger partial charge < -0.3 is 15.4 Å². The number of amides is 1. The number of hydrogen-bond acceptors (Lipinski definition) is 4. The molecule has 2 N–H and O–H groups in total. The highest BCUT2D eigenvalue weighted by atomic mass is 35.5. The van der Waals surface area contributed by atoms with E-state index in [9.17, 15) is 4.79 Å². The Kier molecular flexibility index (Phi) is 7.74. The van der Waals surface area contributed by atoms with E-state index in [0.717, 1.165) is 13.0 Å². The number of aromatic nitrogens is 2. The zero-order valence-electron chi connectivity index (χ0n) is 16.9. The highest BCUT2D eigenvalue weighted by Crippen LogP contribution is 2.33. The molecule has 0 saturated heterocycles. The average molecular weight is 447 g/mol. The van der Waals surface area contributed by atoms with Crippen LogP contribution in [0, 0.1) is 0 Å². The summed E-state index contributed by atoms with van der Waals surface area (Å²) in [7, 11) is 0. The van der Waals surface area contributed by atoms with Gasteiger partial charge in [-0.05, 0) is 56.3 Å². The number of hydrogen-bond donors (Lipinski definition) is 2. The van der Waals surface area contributed by atoms with Crippen molar-refractivity contribution in [2.75, 3.05) is 13.1 Å². The molecule has 1 amide bonds. The lowest BCUT2D eigenvalue weighted by Gasteiger charge is -2.13. The SMILES string of the molecule is CCCNCc1c(C(=O)NCC)nn(-c2ccccc2Cl)c1Oc1ccc(Cl)cc1. The fraction of sp³-hybridized carbons (Fsp3) is 0.273. The average Bonchev–Trinajstić information content (AvgIpc) is 3.08. The van der Waals surface area contributed by atoms with E-state index in [1.165, 1.54) is 0 Å². The minimum Gasteiger partial charge on any atom is -0.439 e. The van der Waals surface area contributed by atoms with Crippen LogP contribution in [0.25, 0.3) is 5.69 Å². The molecule has 2 aromatic carbocycles. The summed E-state index contributed by atoms with van der Waals surface area (Å²) in [5, 5.41) is 11.8. The molecule has 3 rings (SSSR count). The van der Waals surface area contributed by atoms with Gasteiger partial charge >= 0.3 is 0 Å². The van der Waals surface area contributed by atoms with Crippen LogP contribution in [0.5, 0.6) is 11.6 Å². The van der Waals surface area contributed by atoms with Gasteiger partial charge in [-0.15, -0.1) is 0 Å². The summed E-state index contributed by atoms with van der Waals surface area (Å²) in [6, 6.07) is 14.3. The summed E-state index contributed by atoms with van der Waals surface area (Å²) in [4.78, 5) is 12.8. The summed E-state index contributed by atoms with van der Waals surface area (Å²) >= 11 is 12.4. The van der Waals surface area contributed by atoms with Crippen molar-refractivity contribution in [3.63, 3.8) is 0 Å². The number of nitrogens with one attached hydrogen (secondary N) is 2. The van der Waals surface area contributed by atoms with E-state index in [1.54, 1.807) is 35.0 Å². The number of nitrogens with zero attached hydrogens (tertiary/aromatic N) is 2. The molecule has 0 saturated carbocycles. The van der Waals surface area contributed by atoms with Crippen LogP contribution >= 0.6 is 23.2 Å². The molecule has 0 aliphatic rings. The summed E-state index contributed by atoms with van der Waals surface area (Å²) in [5.74, 6) is 0.736. The van der Waals surface area contributed by atoms with Crippen molar-refractivity contribution in [1.29, 1.82) is 0 Å². The predicted octanol–water partition coefficient (Wildman–Crippen LogP) is 5.22. The second-order valence-electron chi connectivity index (χ2n) is 6.59. The van der Waals surface area contributed by atoms with Gasteiger partial charge in [0, 0.05) is 18.1 Å². The van der Waals surface area contributed by atoms with Gasteiger partial charge in [0.15, 0.2) is 5.69 Å². The van der Waals surface area contributed by atoms with E-state index in [-0.39, 0.29) is 5.91 Å². The van der Waals surface area contributed by atoms with E-state index in [1.807, 2.05) is 25.1 Å². The van der Waals surface area contributed by atoms with Crippen molar-refractivity contribution < 1.29 is 9.53 Å². The first-order valence-corrected chi connectivity index (χ1v) is 10.6. The van der Waals surface area contributed by atoms with Gasteiger partial charge in [-0.3, -0.25) is 4.79 Å². The van der Waals surface area contributed by atoms with Gasteiger partial charge in [0.25, 0.3) is 5.91 Å². The second-order valence-corrected chi connectivity index (χ2v) is 7.43. The molecule has 158 valence electrons. The van der Waals surface area contributed by atoms with E-state index in [0.29, 0.717) is 51.7 Å². The van der Waals surface area contributed by atoms with Crippen molar-refractivity contribution in [1.82, 2.24) is 20.4 Å². The Morgan fingerprint density at radius 3 is 2.50 bits per heavy atom. The Morgan fingerprint density at radius 2 is 1.83 bits per heavy atom. The first kappa shape index (κ1) is 22.2. The molecule has 0 bridgehead atoms. The summed E-state index contributed by atoms with van der Waals surface area (Å²) in [6.45, 7) is 5.66. The molecule has 0 atom stereocenters. The van der Waals surface area contributed by atoms with Crippen LogP contribution in [0.1, 0.15) is 36.3 Å². The number of rotatable bonds is 9. The summed E-state index contributed by atoms with van der Waals surface area (Å²) < 4.78 is 7.78. The summed E-state index contributed by atoms with van der Waals surface area (Å²) in [6.07, 6.45) is 0.961. The fourth-order valence-corrected chi connectivity index (χ4v) is 3.26. The second kappa shape index (κ2) is 10.5. The summed E-state index contributed by atoms with van der Waals surface area (Å²) in [5.41, 5.74) is 1.57. The number of halogens is 2. The molecule has 1 aromatic heterocycles. The fourth-order valence-electron chi connectivity index (χ4n) is 2.92. The third-order valence-electron chi connectivity index (χ3n) is 4.33. The van der Waals surface area contributed by atoms with Crippen LogP contribution in [0.3, 0.4) is 0 Å². The smallest absolute Gasteiger partial charge is 0.272 e. The van der Waals surface area contributed by atoms with E-state index >= 15 is 0 Å². The van der Waals surface area contributed by atoms with E-state index in [4.69, 9.17) is 27.9 Å². The number of carbonyl (C=O) groups excluding carboxylic acids is 1. The van der Waals surface area contributed by atoms with Crippen molar-refractivity contribution in [2.24, 2.45) is 0 Å². The third kappa shape index (κ3) is 5.14. The van der Waals surface area contributed by atoms with Crippen LogP contribution in [0.15, 0.2) is 48.5 Å². The quantitative estimate of drug-likeness (QED) is 0.442. The highest BCUT2D eigenvalue weighted by molar-refractivity contribution is 6.32.